The molecule has 1 aromatic rings. The lowest BCUT2D eigenvalue weighted by molar-refractivity contribution is 0.291. The lowest BCUT2D eigenvalue weighted by atomic mass is 9.83. The Balaban J connectivity index is 1.53. The first-order valence-electron chi connectivity index (χ1n) is 6.18. The molecule has 0 atom stereocenters. The van der Waals surface area contributed by atoms with Crippen molar-refractivity contribution in [2.75, 3.05) is 13.1 Å². The highest BCUT2D eigenvalue weighted by atomic mass is 15.4. The summed E-state index contributed by atoms with van der Waals surface area (Å²) < 4.78 is 1.85. The van der Waals surface area contributed by atoms with Gasteiger partial charge in [-0.15, -0.1) is 5.10 Å². The van der Waals surface area contributed by atoms with E-state index in [1.165, 1.54) is 25.7 Å². The van der Waals surface area contributed by atoms with E-state index in [1.807, 2.05) is 10.9 Å². The van der Waals surface area contributed by atoms with Gasteiger partial charge in [0.2, 0.25) is 0 Å². The van der Waals surface area contributed by atoms with Gasteiger partial charge in [0.05, 0.1) is 12.2 Å². The van der Waals surface area contributed by atoms with Crippen molar-refractivity contribution >= 4 is 0 Å². The monoisotopic (exact) mass is 223 g/mol. The van der Waals surface area contributed by atoms with Crippen molar-refractivity contribution < 1.29 is 0 Å². The first-order valence-corrected chi connectivity index (χ1v) is 6.18. The third-order valence-electron chi connectivity index (χ3n) is 3.27. The van der Waals surface area contributed by atoms with Gasteiger partial charge in [-0.1, -0.05) is 24.5 Å². The quantitative estimate of drug-likeness (QED) is 0.661. The molecule has 2 rings (SSSR count). The Kier molecular flexibility index (Phi) is 4.30. The van der Waals surface area contributed by atoms with Gasteiger partial charge in [0.1, 0.15) is 0 Å². The summed E-state index contributed by atoms with van der Waals surface area (Å²) in [6.07, 6.45) is 7.54. The van der Waals surface area contributed by atoms with E-state index in [0.29, 0.717) is 6.54 Å². The zero-order valence-corrected chi connectivity index (χ0v) is 9.73. The van der Waals surface area contributed by atoms with Gasteiger partial charge in [-0.25, -0.2) is 0 Å². The summed E-state index contributed by atoms with van der Waals surface area (Å²) in [6.45, 7) is 3.43. The molecule has 16 heavy (non-hydrogen) atoms. The standard InChI is InChI=1S/C11H21N5/c12-8-11-9-16(15-14-11)7-6-13-5-4-10-2-1-3-10/h9-10,13H,1-8,12H2. The Morgan fingerprint density at radius 3 is 2.94 bits per heavy atom. The van der Waals surface area contributed by atoms with Crippen LogP contribution in [0.4, 0.5) is 0 Å². The summed E-state index contributed by atoms with van der Waals surface area (Å²) in [4.78, 5) is 0. The second kappa shape index (κ2) is 5.96. The molecule has 5 heteroatoms. The van der Waals surface area contributed by atoms with Crippen LogP contribution >= 0.6 is 0 Å². The van der Waals surface area contributed by atoms with E-state index in [4.69, 9.17) is 5.73 Å². The molecule has 1 saturated carbocycles. The fourth-order valence-electron chi connectivity index (χ4n) is 1.95. The van der Waals surface area contributed by atoms with Crippen molar-refractivity contribution in [3.05, 3.63) is 11.9 Å². The minimum absolute atomic E-state index is 0.467. The van der Waals surface area contributed by atoms with Gasteiger partial charge in [-0.3, -0.25) is 4.68 Å². The molecule has 0 radical (unpaired) electrons. The second-order valence-corrected chi connectivity index (χ2v) is 4.51. The van der Waals surface area contributed by atoms with Crippen molar-refractivity contribution in [2.45, 2.75) is 38.8 Å². The molecule has 5 nitrogen and oxygen atoms in total. The zero-order chi connectivity index (χ0) is 11.2. The average molecular weight is 223 g/mol. The van der Waals surface area contributed by atoms with E-state index in [0.717, 1.165) is 31.2 Å². The molecule has 1 aliphatic carbocycles. The molecule has 90 valence electrons. The number of hydrogen-bond acceptors (Lipinski definition) is 4. The van der Waals surface area contributed by atoms with E-state index >= 15 is 0 Å². The van der Waals surface area contributed by atoms with Crippen LogP contribution in [0.1, 0.15) is 31.4 Å². The van der Waals surface area contributed by atoms with Crippen molar-refractivity contribution in [3.8, 4) is 0 Å². The number of nitrogens with one attached hydrogen (secondary N) is 1. The Hall–Kier alpha value is -0.940. The molecule has 0 saturated heterocycles. The molecule has 1 heterocycles. The summed E-state index contributed by atoms with van der Waals surface area (Å²) in [7, 11) is 0. The fourth-order valence-corrected chi connectivity index (χ4v) is 1.95. The maximum atomic E-state index is 5.46. The average Bonchev–Trinajstić information content (AvgIpc) is 2.68. The smallest absolute Gasteiger partial charge is 0.0962 e. The van der Waals surface area contributed by atoms with Crippen LogP contribution in [0, 0.1) is 5.92 Å². The molecule has 0 aromatic carbocycles. The number of hydrogen-bond donors (Lipinski definition) is 2. The highest BCUT2D eigenvalue weighted by Gasteiger charge is 2.15. The van der Waals surface area contributed by atoms with E-state index in [1.54, 1.807) is 0 Å². The molecule has 0 unspecified atom stereocenters. The largest absolute Gasteiger partial charge is 0.325 e. The number of aromatic nitrogens is 3. The predicted octanol–water partition coefficient (Wildman–Crippen LogP) is 0.517. The highest BCUT2D eigenvalue weighted by Crippen LogP contribution is 2.28. The van der Waals surface area contributed by atoms with Crippen LogP contribution in [0.15, 0.2) is 6.20 Å². The summed E-state index contributed by atoms with van der Waals surface area (Å²) >= 11 is 0. The van der Waals surface area contributed by atoms with Gasteiger partial charge < -0.3 is 11.1 Å². The summed E-state index contributed by atoms with van der Waals surface area (Å²) in [5, 5.41) is 11.4. The minimum Gasteiger partial charge on any atom is -0.325 e. The molecule has 1 aromatic heterocycles. The SMILES string of the molecule is NCc1cn(CCNCCC2CCC2)nn1. The van der Waals surface area contributed by atoms with Gasteiger partial charge in [-0.05, 0) is 18.9 Å². The van der Waals surface area contributed by atoms with Crippen LogP contribution in [-0.2, 0) is 13.1 Å². The Morgan fingerprint density at radius 2 is 2.31 bits per heavy atom. The van der Waals surface area contributed by atoms with E-state index in [9.17, 15) is 0 Å². The molecule has 0 spiro atoms. The highest BCUT2D eigenvalue weighted by molar-refractivity contribution is 4.90. The number of nitrogens with two attached hydrogens (primary N) is 1. The predicted molar refractivity (Wildman–Crippen MR) is 62.7 cm³/mol. The minimum atomic E-state index is 0.467. The van der Waals surface area contributed by atoms with Gasteiger partial charge in [0, 0.05) is 19.3 Å². The van der Waals surface area contributed by atoms with E-state index in [-0.39, 0.29) is 0 Å². The lowest BCUT2D eigenvalue weighted by Gasteiger charge is -2.25. The maximum Gasteiger partial charge on any atom is 0.0962 e. The normalized spacial score (nSPS) is 16.3. The molecule has 0 amide bonds. The summed E-state index contributed by atoms with van der Waals surface area (Å²) in [5.74, 6) is 0.989. The first kappa shape index (κ1) is 11.5. The van der Waals surface area contributed by atoms with E-state index < -0.39 is 0 Å². The topological polar surface area (TPSA) is 68.8 Å². The maximum absolute atomic E-state index is 5.46. The van der Waals surface area contributed by atoms with Gasteiger partial charge >= 0.3 is 0 Å². The Labute approximate surface area is 96.4 Å². The van der Waals surface area contributed by atoms with Crippen molar-refractivity contribution in [1.82, 2.24) is 20.3 Å². The zero-order valence-electron chi connectivity index (χ0n) is 9.73. The second-order valence-electron chi connectivity index (χ2n) is 4.51. The molecule has 0 aliphatic heterocycles. The molecule has 1 fully saturated rings. The fraction of sp³-hybridized carbons (Fsp3) is 0.818. The first-order chi connectivity index (χ1) is 7.88. The van der Waals surface area contributed by atoms with Crippen molar-refractivity contribution in [3.63, 3.8) is 0 Å². The molecular weight excluding hydrogens is 202 g/mol. The Morgan fingerprint density at radius 1 is 1.44 bits per heavy atom. The van der Waals surface area contributed by atoms with Crippen LogP contribution in [0.2, 0.25) is 0 Å². The van der Waals surface area contributed by atoms with Gasteiger partial charge in [-0.2, -0.15) is 0 Å². The van der Waals surface area contributed by atoms with Crippen molar-refractivity contribution in [1.29, 1.82) is 0 Å². The lowest BCUT2D eigenvalue weighted by Crippen LogP contribution is -2.24. The molecular formula is C11H21N5. The third-order valence-corrected chi connectivity index (χ3v) is 3.27. The number of nitrogens with zero attached hydrogens (tertiary/aromatic N) is 3. The van der Waals surface area contributed by atoms with Crippen LogP contribution in [0.3, 0.4) is 0 Å². The molecule has 0 bridgehead atoms. The van der Waals surface area contributed by atoms with Crippen LogP contribution in [0.25, 0.3) is 0 Å². The van der Waals surface area contributed by atoms with Crippen LogP contribution in [0.5, 0.6) is 0 Å². The summed E-state index contributed by atoms with van der Waals surface area (Å²) in [6, 6.07) is 0. The van der Waals surface area contributed by atoms with Crippen molar-refractivity contribution in [2.24, 2.45) is 11.7 Å². The molecule has 1 aliphatic rings. The number of rotatable bonds is 7. The van der Waals surface area contributed by atoms with Gasteiger partial charge in [0.15, 0.2) is 0 Å². The van der Waals surface area contributed by atoms with Crippen LogP contribution < -0.4 is 11.1 Å². The molecule has 3 N–H and O–H groups in total. The van der Waals surface area contributed by atoms with Crippen LogP contribution in [-0.4, -0.2) is 28.1 Å². The third kappa shape index (κ3) is 3.28. The van der Waals surface area contributed by atoms with Gasteiger partial charge in [0.25, 0.3) is 0 Å². The summed E-state index contributed by atoms with van der Waals surface area (Å²) in [5.41, 5.74) is 6.32. The van der Waals surface area contributed by atoms with E-state index in [2.05, 4.69) is 15.6 Å². The Bertz CT molecular complexity index is 305.